The smallest absolute Gasteiger partial charge is 0.268 e. The minimum atomic E-state index is -0.224. The fourth-order valence-corrected chi connectivity index (χ4v) is 1.47. The monoisotopic (exact) mass is 215 g/mol. The maximum Gasteiger partial charge on any atom is 0.268 e. The molecule has 0 saturated carbocycles. The molecule has 4 nitrogen and oxygen atoms in total. The van der Waals surface area contributed by atoms with Gasteiger partial charge in [-0.3, -0.25) is 4.79 Å². The molecule has 0 saturated heterocycles. The van der Waals surface area contributed by atoms with E-state index in [-0.39, 0.29) is 12.1 Å². The van der Waals surface area contributed by atoms with Crippen LogP contribution in [-0.4, -0.2) is 10.2 Å². The average molecular weight is 215 g/mol. The highest BCUT2D eigenvalue weighted by Gasteiger charge is 2.03. The van der Waals surface area contributed by atoms with Gasteiger partial charge in [-0.2, -0.15) is 5.10 Å². The number of H-pyrrole nitrogens is 1. The number of aryl methyl sites for hydroxylation is 1. The van der Waals surface area contributed by atoms with Gasteiger partial charge in [-0.1, -0.05) is 29.8 Å². The van der Waals surface area contributed by atoms with Gasteiger partial charge in [0.05, 0.1) is 5.69 Å². The molecule has 0 radical (unpaired) electrons. The minimum Gasteiger partial charge on any atom is -0.326 e. The van der Waals surface area contributed by atoms with Gasteiger partial charge in [0.15, 0.2) is 0 Å². The lowest BCUT2D eigenvalue weighted by molar-refractivity contribution is 0.930. The number of benzene rings is 1. The SMILES string of the molecule is Cc1ccc(-c2cc(CN)c(=O)[nH]n2)cc1. The first-order chi connectivity index (χ1) is 7.70. The van der Waals surface area contributed by atoms with Crippen molar-refractivity contribution in [2.24, 2.45) is 5.73 Å². The second-order valence-electron chi connectivity index (χ2n) is 3.68. The summed E-state index contributed by atoms with van der Waals surface area (Å²) in [5.41, 5.74) is 8.69. The molecule has 0 fully saturated rings. The number of nitrogens with one attached hydrogen (secondary N) is 1. The van der Waals surface area contributed by atoms with Gasteiger partial charge in [0, 0.05) is 17.7 Å². The summed E-state index contributed by atoms with van der Waals surface area (Å²) < 4.78 is 0. The Labute approximate surface area is 93.1 Å². The molecule has 0 unspecified atom stereocenters. The molecule has 0 spiro atoms. The molecule has 0 aliphatic carbocycles. The highest BCUT2D eigenvalue weighted by Crippen LogP contribution is 2.16. The summed E-state index contributed by atoms with van der Waals surface area (Å²) in [4.78, 5) is 11.3. The zero-order valence-electron chi connectivity index (χ0n) is 9.03. The van der Waals surface area contributed by atoms with Crippen LogP contribution in [0.1, 0.15) is 11.1 Å². The van der Waals surface area contributed by atoms with E-state index in [0.717, 1.165) is 11.3 Å². The first-order valence-corrected chi connectivity index (χ1v) is 5.06. The van der Waals surface area contributed by atoms with E-state index in [1.54, 1.807) is 6.07 Å². The first kappa shape index (κ1) is 10.6. The average Bonchev–Trinajstić information content (AvgIpc) is 2.31. The van der Waals surface area contributed by atoms with Crippen LogP contribution in [0.15, 0.2) is 35.1 Å². The molecule has 0 aliphatic rings. The van der Waals surface area contributed by atoms with Gasteiger partial charge in [0.2, 0.25) is 0 Å². The Bertz CT molecular complexity index is 543. The number of aromatic nitrogens is 2. The van der Waals surface area contributed by atoms with Crippen molar-refractivity contribution in [3.8, 4) is 11.3 Å². The largest absolute Gasteiger partial charge is 0.326 e. The number of nitrogens with zero attached hydrogens (tertiary/aromatic N) is 1. The molecule has 1 aromatic carbocycles. The van der Waals surface area contributed by atoms with Crippen molar-refractivity contribution >= 4 is 0 Å². The van der Waals surface area contributed by atoms with Crippen LogP contribution in [0.3, 0.4) is 0 Å². The van der Waals surface area contributed by atoms with Gasteiger partial charge >= 0.3 is 0 Å². The number of nitrogens with two attached hydrogens (primary N) is 1. The number of rotatable bonds is 2. The molecule has 16 heavy (non-hydrogen) atoms. The molecule has 2 aromatic rings. The van der Waals surface area contributed by atoms with Gasteiger partial charge in [-0.25, -0.2) is 5.10 Å². The van der Waals surface area contributed by atoms with Gasteiger partial charge < -0.3 is 5.73 Å². The van der Waals surface area contributed by atoms with Crippen LogP contribution in [0.2, 0.25) is 0 Å². The Hall–Kier alpha value is -1.94. The van der Waals surface area contributed by atoms with Crippen LogP contribution in [0.5, 0.6) is 0 Å². The maximum atomic E-state index is 11.3. The molecule has 0 aliphatic heterocycles. The van der Waals surface area contributed by atoms with Crippen molar-refractivity contribution in [1.82, 2.24) is 10.2 Å². The minimum absolute atomic E-state index is 0.219. The van der Waals surface area contributed by atoms with Crippen LogP contribution in [0.4, 0.5) is 0 Å². The normalized spacial score (nSPS) is 10.4. The van der Waals surface area contributed by atoms with Crippen LogP contribution >= 0.6 is 0 Å². The lowest BCUT2D eigenvalue weighted by Gasteiger charge is -2.02. The Balaban J connectivity index is 2.48. The molecule has 0 amide bonds. The highest BCUT2D eigenvalue weighted by atomic mass is 16.1. The molecule has 2 rings (SSSR count). The summed E-state index contributed by atoms with van der Waals surface area (Å²) in [6.45, 7) is 2.24. The fraction of sp³-hybridized carbons (Fsp3) is 0.167. The van der Waals surface area contributed by atoms with E-state index >= 15 is 0 Å². The summed E-state index contributed by atoms with van der Waals surface area (Å²) in [7, 11) is 0. The van der Waals surface area contributed by atoms with Gasteiger partial charge in [0.25, 0.3) is 5.56 Å². The third kappa shape index (κ3) is 2.01. The molecular formula is C12H13N3O. The van der Waals surface area contributed by atoms with Gasteiger partial charge in [-0.15, -0.1) is 0 Å². The molecule has 0 atom stereocenters. The third-order valence-electron chi connectivity index (χ3n) is 2.45. The van der Waals surface area contributed by atoms with Crippen LogP contribution < -0.4 is 11.3 Å². The van der Waals surface area contributed by atoms with E-state index < -0.39 is 0 Å². The number of aromatic amines is 1. The van der Waals surface area contributed by atoms with Crippen molar-refractivity contribution in [1.29, 1.82) is 0 Å². The maximum absolute atomic E-state index is 11.3. The topological polar surface area (TPSA) is 71.8 Å². The zero-order valence-corrected chi connectivity index (χ0v) is 9.03. The lowest BCUT2D eigenvalue weighted by Crippen LogP contribution is -2.17. The van der Waals surface area contributed by atoms with Crippen LogP contribution in [0.25, 0.3) is 11.3 Å². The zero-order chi connectivity index (χ0) is 11.5. The van der Waals surface area contributed by atoms with Crippen molar-refractivity contribution in [3.63, 3.8) is 0 Å². The summed E-state index contributed by atoms with van der Waals surface area (Å²) in [5, 5.41) is 6.44. The second-order valence-corrected chi connectivity index (χ2v) is 3.68. The Morgan fingerprint density at radius 3 is 2.62 bits per heavy atom. The summed E-state index contributed by atoms with van der Waals surface area (Å²) in [5.74, 6) is 0. The molecule has 3 N–H and O–H groups in total. The number of hydrogen-bond donors (Lipinski definition) is 2. The van der Waals surface area contributed by atoms with Crippen molar-refractivity contribution in [2.75, 3.05) is 0 Å². The quantitative estimate of drug-likeness (QED) is 0.790. The molecule has 1 aromatic heterocycles. The van der Waals surface area contributed by atoms with E-state index in [1.165, 1.54) is 5.56 Å². The molecule has 1 heterocycles. The van der Waals surface area contributed by atoms with Crippen LogP contribution in [0, 0.1) is 6.92 Å². The fourth-order valence-electron chi connectivity index (χ4n) is 1.47. The number of hydrogen-bond acceptors (Lipinski definition) is 3. The van der Waals surface area contributed by atoms with E-state index in [0.29, 0.717) is 5.56 Å². The van der Waals surface area contributed by atoms with Crippen molar-refractivity contribution in [2.45, 2.75) is 13.5 Å². The Morgan fingerprint density at radius 1 is 1.31 bits per heavy atom. The predicted octanol–water partition coefficient (Wildman–Crippen LogP) is 1.20. The summed E-state index contributed by atoms with van der Waals surface area (Å²) in [6, 6.07) is 9.67. The molecule has 0 bridgehead atoms. The molecular weight excluding hydrogens is 202 g/mol. The van der Waals surface area contributed by atoms with Gasteiger partial charge in [0.1, 0.15) is 0 Å². The second kappa shape index (κ2) is 4.28. The van der Waals surface area contributed by atoms with E-state index in [4.69, 9.17) is 5.73 Å². The predicted molar refractivity (Wildman–Crippen MR) is 62.9 cm³/mol. The highest BCUT2D eigenvalue weighted by molar-refractivity contribution is 5.59. The van der Waals surface area contributed by atoms with Crippen molar-refractivity contribution < 1.29 is 0 Å². The Morgan fingerprint density at radius 2 is 2.00 bits per heavy atom. The van der Waals surface area contributed by atoms with E-state index in [2.05, 4.69) is 10.2 Å². The summed E-state index contributed by atoms with van der Waals surface area (Å²) >= 11 is 0. The summed E-state index contributed by atoms with van der Waals surface area (Å²) in [6.07, 6.45) is 0. The third-order valence-corrected chi connectivity index (χ3v) is 2.45. The molecule has 82 valence electrons. The Kier molecular flexibility index (Phi) is 2.83. The van der Waals surface area contributed by atoms with E-state index in [9.17, 15) is 4.79 Å². The lowest BCUT2D eigenvalue weighted by atomic mass is 10.1. The molecule has 4 heteroatoms. The standard InChI is InChI=1S/C12H13N3O/c1-8-2-4-9(5-3-8)11-6-10(7-13)12(16)15-14-11/h2-6H,7,13H2,1H3,(H,15,16). The van der Waals surface area contributed by atoms with Crippen LogP contribution in [-0.2, 0) is 6.54 Å². The van der Waals surface area contributed by atoms with E-state index in [1.807, 2.05) is 31.2 Å². The first-order valence-electron chi connectivity index (χ1n) is 5.06. The van der Waals surface area contributed by atoms with Gasteiger partial charge in [-0.05, 0) is 13.0 Å². The van der Waals surface area contributed by atoms with Crippen molar-refractivity contribution in [3.05, 3.63) is 51.8 Å².